The van der Waals surface area contributed by atoms with Crippen LogP contribution >= 0.6 is 11.6 Å². The second-order valence-electron chi connectivity index (χ2n) is 6.52. The first-order valence-electron chi connectivity index (χ1n) is 8.41. The van der Waals surface area contributed by atoms with Crippen molar-refractivity contribution in [3.8, 4) is 5.75 Å². The maximum absolute atomic E-state index is 12.5. The van der Waals surface area contributed by atoms with Gasteiger partial charge in [-0.25, -0.2) is 0 Å². The standard InChI is InChI=1S/C19H21ClN4O3/c1-12-5-15(6-13(2)18(12)20)26-11-16-7-17(22-27-16)19(25)23(3)9-14-8-21-24(4)10-14/h5-8,10H,9,11H2,1-4H3. The molecule has 1 aromatic carbocycles. The van der Waals surface area contributed by atoms with Gasteiger partial charge in [0.15, 0.2) is 11.5 Å². The SMILES string of the molecule is Cc1cc(OCc2cc(C(=O)N(C)Cc3cnn(C)c3)no2)cc(C)c1Cl. The molecule has 3 aromatic rings. The zero-order chi connectivity index (χ0) is 19.6. The molecule has 7 nitrogen and oxygen atoms in total. The molecule has 0 N–H and O–H groups in total. The summed E-state index contributed by atoms with van der Waals surface area (Å²) in [5.74, 6) is 0.929. The number of benzene rings is 1. The molecule has 0 bridgehead atoms. The molecule has 2 aromatic heterocycles. The highest BCUT2D eigenvalue weighted by atomic mass is 35.5. The van der Waals surface area contributed by atoms with Gasteiger partial charge in [-0.15, -0.1) is 0 Å². The average molecular weight is 389 g/mol. The van der Waals surface area contributed by atoms with Gasteiger partial charge >= 0.3 is 0 Å². The zero-order valence-electron chi connectivity index (χ0n) is 15.7. The monoisotopic (exact) mass is 388 g/mol. The number of aryl methyl sites for hydroxylation is 3. The third-order valence-corrected chi connectivity index (χ3v) is 4.69. The van der Waals surface area contributed by atoms with Crippen molar-refractivity contribution >= 4 is 17.5 Å². The third kappa shape index (κ3) is 4.49. The van der Waals surface area contributed by atoms with Crippen molar-refractivity contribution in [1.29, 1.82) is 0 Å². The largest absolute Gasteiger partial charge is 0.486 e. The van der Waals surface area contributed by atoms with E-state index in [1.165, 1.54) is 0 Å². The Hall–Kier alpha value is -2.80. The summed E-state index contributed by atoms with van der Waals surface area (Å²) in [5, 5.41) is 8.68. The quantitative estimate of drug-likeness (QED) is 0.645. The Morgan fingerprint density at radius 2 is 2.00 bits per heavy atom. The molecule has 0 saturated heterocycles. The lowest BCUT2D eigenvalue weighted by atomic mass is 10.1. The molecule has 2 heterocycles. The van der Waals surface area contributed by atoms with Gasteiger partial charge in [0, 0.05) is 43.5 Å². The number of carbonyl (C=O) groups excluding carboxylic acids is 1. The summed E-state index contributed by atoms with van der Waals surface area (Å²) in [4.78, 5) is 14.1. The van der Waals surface area contributed by atoms with Crippen molar-refractivity contribution in [2.24, 2.45) is 7.05 Å². The summed E-state index contributed by atoms with van der Waals surface area (Å²) in [6, 6.07) is 5.32. The predicted molar refractivity (Wildman–Crippen MR) is 101 cm³/mol. The molecule has 0 unspecified atom stereocenters. The molecule has 0 spiro atoms. The number of carbonyl (C=O) groups is 1. The summed E-state index contributed by atoms with van der Waals surface area (Å²) in [6.45, 7) is 4.46. The van der Waals surface area contributed by atoms with Gasteiger partial charge in [0.2, 0.25) is 0 Å². The molecule has 27 heavy (non-hydrogen) atoms. The van der Waals surface area contributed by atoms with Crippen LogP contribution in [0.2, 0.25) is 5.02 Å². The van der Waals surface area contributed by atoms with Gasteiger partial charge in [0.1, 0.15) is 12.4 Å². The van der Waals surface area contributed by atoms with Crippen LogP contribution in [0.25, 0.3) is 0 Å². The van der Waals surface area contributed by atoms with E-state index < -0.39 is 0 Å². The minimum atomic E-state index is -0.230. The molecule has 0 radical (unpaired) electrons. The van der Waals surface area contributed by atoms with Crippen LogP contribution in [0, 0.1) is 13.8 Å². The molecule has 1 amide bonds. The maximum Gasteiger partial charge on any atom is 0.276 e. The normalized spacial score (nSPS) is 10.9. The number of halogens is 1. The number of aromatic nitrogens is 3. The highest BCUT2D eigenvalue weighted by molar-refractivity contribution is 6.32. The van der Waals surface area contributed by atoms with Crippen molar-refractivity contribution in [3.63, 3.8) is 0 Å². The van der Waals surface area contributed by atoms with Crippen molar-refractivity contribution in [3.05, 3.63) is 63.8 Å². The second-order valence-corrected chi connectivity index (χ2v) is 6.90. The number of nitrogens with zero attached hydrogens (tertiary/aromatic N) is 4. The molecule has 0 atom stereocenters. The minimum Gasteiger partial charge on any atom is -0.486 e. The van der Waals surface area contributed by atoms with E-state index in [9.17, 15) is 4.79 Å². The first-order chi connectivity index (χ1) is 12.8. The Bertz CT molecular complexity index is 941. The Balaban J connectivity index is 1.61. The van der Waals surface area contributed by atoms with Crippen molar-refractivity contribution in [1.82, 2.24) is 19.8 Å². The van der Waals surface area contributed by atoms with Crippen LogP contribution in [0.1, 0.15) is 32.9 Å². The third-order valence-electron chi connectivity index (χ3n) is 4.09. The molecular formula is C19H21ClN4O3. The van der Waals surface area contributed by atoms with E-state index in [0.29, 0.717) is 18.1 Å². The molecular weight excluding hydrogens is 368 g/mol. The van der Waals surface area contributed by atoms with E-state index in [0.717, 1.165) is 21.7 Å². The highest BCUT2D eigenvalue weighted by Crippen LogP contribution is 2.26. The van der Waals surface area contributed by atoms with Crippen LogP contribution in [0.15, 0.2) is 35.1 Å². The summed E-state index contributed by atoms with van der Waals surface area (Å²) >= 11 is 6.16. The Kier molecular flexibility index (Phi) is 5.51. The molecule has 8 heteroatoms. The Labute approximate surface area is 162 Å². The molecule has 0 saturated carbocycles. The predicted octanol–water partition coefficient (Wildman–Crippen LogP) is 3.53. The number of rotatable bonds is 6. The molecule has 0 aliphatic rings. The van der Waals surface area contributed by atoms with Gasteiger partial charge in [-0.1, -0.05) is 16.8 Å². The van der Waals surface area contributed by atoms with Crippen LogP contribution in [0.5, 0.6) is 5.75 Å². The lowest BCUT2D eigenvalue weighted by molar-refractivity contribution is 0.0774. The molecule has 142 valence electrons. The lowest BCUT2D eigenvalue weighted by Crippen LogP contribution is -2.26. The van der Waals surface area contributed by atoms with Crippen LogP contribution in [-0.2, 0) is 20.2 Å². The zero-order valence-corrected chi connectivity index (χ0v) is 16.4. The summed E-state index contributed by atoms with van der Waals surface area (Å²) < 4.78 is 12.7. The summed E-state index contributed by atoms with van der Waals surface area (Å²) in [5.41, 5.74) is 3.06. The fourth-order valence-electron chi connectivity index (χ4n) is 2.72. The van der Waals surface area contributed by atoms with Gasteiger partial charge in [0.05, 0.1) is 6.20 Å². The maximum atomic E-state index is 12.5. The second kappa shape index (κ2) is 7.84. The molecule has 0 aliphatic carbocycles. The van der Waals surface area contributed by atoms with Gasteiger partial charge < -0.3 is 14.2 Å². The Morgan fingerprint density at radius 3 is 2.63 bits per heavy atom. The van der Waals surface area contributed by atoms with E-state index in [1.807, 2.05) is 39.2 Å². The van der Waals surface area contributed by atoms with Crippen molar-refractivity contribution < 1.29 is 14.1 Å². The van der Waals surface area contributed by atoms with E-state index in [2.05, 4.69) is 10.3 Å². The first kappa shape index (κ1) is 19.0. The van der Waals surface area contributed by atoms with Gasteiger partial charge in [-0.05, 0) is 37.1 Å². The topological polar surface area (TPSA) is 73.4 Å². The molecule has 0 aliphatic heterocycles. The number of hydrogen-bond acceptors (Lipinski definition) is 5. The highest BCUT2D eigenvalue weighted by Gasteiger charge is 2.18. The Morgan fingerprint density at radius 1 is 1.30 bits per heavy atom. The number of hydrogen-bond donors (Lipinski definition) is 0. The fourth-order valence-corrected chi connectivity index (χ4v) is 2.83. The molecule has 0 fully saturated rings. The van der Waals surface area contributed by atoms with E-state index in [1.54, 1.807) is 28.9 Å². The smallest absolute Gasteiger partial charge is 0.276 e. The van der Waals surface area contributed by atoms with Gasteiger partial charge in [-0.3, -0.25) is 9.48 Å². The van der Waals surface area contributed by atoms with Crippen LogP contribution in [0.3, 0.4) is 0 Å². The van der Waals surface area contributed by atoms with Crippen molar-refractivity contribution in [2.45, 2.75) is 27.0 Å². The van der Waals surface area contributed by atoms with Crippen LogP contribution in [0.4, 0.5) is 0 Å². The number of ether oxygens (including phenoxy) is 1. The first-order valence-corrected chi connectivity index (χ1v) is 8.79. The molecule has 3 rings (SSSR count). The van der Waals surface area contributed by atoms with E-state index in [4.69, 9.17) is 20.9 Å². The van der Waals surface area contributed by atoms with E-state index in [-0.39, 0.29) is 18.2 Å². The summed E-state index contributed by atoms with van der Waals surface area (Å²) in [7, 11) is 3.54. The van der Waals surface area contributed by atoms with Gasteiger partial charge in [0.25, 0.3) is 5.91 Å². The number of amides is 1. The van der Waals surface area contributed by atoms with Gasteiger partial charge in [-0.2, -0.15) is 5.10 Å². The van der Waals surface area contributed by atoms with E-state index >= 15 is 0 Å². The lowest BCUT2D eigenvalue weighted by Gasteiger charge is -2.13. The van der Waals surface area contributed by atoms with Crippen LogP contribution < -0.4 is 4.74 Å². The fraction of sp³-hybridized carbons (Fsp3) is 0.316. The van der Waals surface area contributed by atoms with Crippen LogP contribution in [-0.4, -0.2) is 32.8 Å². The van der Waals surface area contributed by atoms with Crippen molar-refractivity contribution in [2.75, 3.05) is 7.05 Å². The minimum absolute atomic E-state index is 0.174. The summed E-state index contributed by atoms with van der Waals surface area (Å²) in [6.07, 6.45) is 3.59. The average Bonchev–Trinajstić information content (AvgIpc) is 3.26.